The number of ether oxygens (including phenoxy) is 1. The SMILES string of the molecule is CC1(C)OB(c2cc(N)cc3ccc(F)c(OC(O)(O)O)c23)OC1(C)C. The Morgan fingerprint density at radius 3 is 2.19 bits per heavy atom. The molecule has 9 heteroatoms. The van der Waals surface area contributed by atoms with Crippen LogP contribution < -0.4 is 15.9 Å². The standard InChI is InChI=1S/C17H21BFNO6/c1-15(2)16(3,4)26-18(25-15)11-8-10(20)7-9-5-6-12(19)14(13(9)11)24-17(21,22)23/h5-8,21-23H,20H2,1-4H3. The van der Waals surface area contributed by atoms with E-state index in [1.807, 2.05) is 27.7 Å². The molecule has 0 radical (unpaired) electrons. The molecule has 2 aromatic rings. The predicted molar refractivity (Wildman–Crippen MR) is 94.0 cm³/mol. The number of hydrogen-bond acceptors (Lipinski definition) is 7. The maximum Gasteiger partial charge on any atom is 0.495 e. The van der Waals surface area contributed by atoms with Crippen LogP contribution >= 0.6 is 0 Å². The van der Waals surface area contributed by atoms with Crippen molar-refractivity contribution in [1.29, 1.82) is 0 Å². The molecule has 0 aromatic heterocycles. The second kappa shape index (κ2) is 5.80. The third-order valence-corrected chi connectivity index (χ3v) is 4.82. The Morgan fingerprint density at radius 1 is 1.08 bits per heavy atom. The monoisotopic (exact) mass is 365 g/mol. The predicted octanol–water partition coefficient (Wildman–Crippen LogP) is 0.827. The summed E-state index contributed by atoms with van der Waals surface area (Å²) in [7, 11) is -0.902. The number of halogens is 1. The number of benzene rings is 2. The van der Waals surface area contributed by atoms with Gasteiger partial charge in [0, 0.05) is 11.1 Å². The van der Waals surface area contributed by atoms with E-state index in [1.165, 1.54) is 12.1 Å². The molecule has 0 saturated carbocycles. The first-order valence-electron chi connectivity index (χ1n) is 8.04. The topological polar surface area (TPSA) is 114 Å². The van der Waals surface area contributed by atoms with Gasteiger partial charge < -0.3 is 35.1 Å². The quantitative estimate of drug-likeness (QED) is 0.362. The molecule has 140 valence electrons. The summed E-state index contributed by atoms with van der Waals surface area (Å²) in [6, 6.07) is 5.61. The van der Waals surface area contributed by atoms with Crippen molar-refractivity contribution in [1.82, 2.24) is 0 Å². The fraction of sp³-hybridized carbons (Fsp3) is 0.412. The van der Waals surface area contributed by atoms with Crippen molar-refractivity contribution in [2.24, 2.45) is 0 Å². The molecule has 7 nitrogen and oxygen atoms in total. The number of aliphatic hydroxyl groups is 3. The van der Waals surface area contributed by atoms with Crippen LogP contribution in [0.2, 0.25) is 0 Å². The Morgan fingerprint density at radius 2 is 1.65 bits per heavy atom. The summed E-state index contributed by atoms with van der Waals surface area (Å²) in [5.41, 5.74) is 5.36. The van der Waals surface area contributed by atoms with E-state index < -0.39 is 36.0 Å². The number of anilines is 1. The highest BCUT2D eigenvalue weighted by atomic mass is 19.1. The van der Waals surface area contributed by atoms with Gasteiger partial charge in [0.05, 0.1) is 11.2 Å². The molecule has 0 amide bonds. The maximum absolute atomic E-state index is 14.4. The summed E-state index contributed by atoms with van der Waals surface area (Å²) in [5, 5.41) is 28.1. The van der Waals surface area contributed by atoms with Gasteiger partial charge in [0.1, 0.15) is 0 Å². The third kappa shape index (κ3) is 3.24. The first kappa shape index (κ1) is 18.9. The first-order chi connectivity index (χ1) is 11.8. The van der Waals surface area contributed by atoms with Gasteiger partial charge in [-0.1, -0.05) is 6.07 Å². The van der Waals surface area contributed by atoms with Gasteiger partial charge in [0.25, 0.3) is 0 Å². The molecule has 2 aromatic carbocycles. The van der Waals surface area contributed by atoms with Crippen molar-refractivity contribution < 1.29 is 33.8 Å². The normalized spacial score (nSPS) is 19.2. The summed E-state index contributed by atoms with van der Waals surface area (Å²) < 4.78 is 31.0. The minimum absolute atomic E-state index is 0.152. The summed E-state index contributed by atoms with van der Waals surface area (Å²) in [6.07, 6.45) is -3.55. The van der Waals surface area contributed by atoms with E-state index in [4.69, 9.17) is 30.4 Å². The molecule has 0 spiro atoms. The minimum Gasteiger partial charge on any atom is -0.413 e. The lowest BCUT2D eigenvalue weighted by atomic mass is 9.75. The van der Waals surface area contributed by atoms with Crippen molar-refractivity contribution in [2.75, 3.05) is 5.73 Å². The van der Waals surface area contributed by atoms with Crippen LogP contribution in [0.4, 0.5) is 10.1 Å². The second-order valence-corrected chi connectivity index (χ2v) is 7.35. The van der Waals surface area contributed by atoms with Crippen molar-refractivity contribution in [3.8, 4) is 5.75 Å². The highest BCUT2D eigenvalue weighted by Gasteiger charge is 2.52. The number of fused-ring (bicyclic) bond motifs is 1. The Bertz CT molecular complexity index is 848. The molecular formula is C17H21BFNO6. The fourth-order valence-electron chi connectivity index (χ4n) is 2.86. The van der Waals surface area contributed by atoms with Crippen LogP contribution in [0.25, 0.3) is 10.8 Å². The van der Waals surface area contributed by atoms with Crippen LogP contribution in [-0.2, 0) is 9.31 Å². The molecule has 0 aliphatic carbocycles. The van der Waals surface area contributed by atoms with E-state index >= 15 is 0 Å². The summed E-state index contributed by atoms with van der Waals surface area (Å²) in [5.74, 6) is -1.46. The van der Waals surface area contributed by atoms with Crippen molar-refractivity contribution in [3.63, 3.8) is 0 Å². The van der Waals surface area contributed by atoms with Gasteiger partial charge in [-0.2, -0.15) is 0 Å². The number of rotatable bonds is 3. The van der Waals surface area contributed by atoms with E-state index in [0.717, 1.165) is 6.07 Å². The molecular weight excluding hydrogens is 344 g/mol. The lowest BCUT2D eigenvalue weighted by Crippen LogP contribution is -2.41. The Balaban J connectivity index is 2.24. The van der Waals surface area contributed by atoms with Crippen molar-refractivity contribution >= 4 is 29.0 Å². The molecule has 5 N–H and O–H groups in total. The molecule has 26 heavy (non-hydrogen) atoms. The van der Waals surface area contributed by atoms with Gasteiger partial charge >= 0.3 is 13.3 Å². The average molecular weight is 365 g/mol. The molecule has 0 unspecified atom stereocenters. The van der Waals surface area contributed by atoms with Gasteiger partial charge in [-0.05, 0) is 56.7 Å². The summed E-state index contributed by atoms with van der Waals surface area (Å²) in [4.78, 5) is 0. The van der Waals surface area contributed by atoms with Gasteiger partial charge in [-0.3, -0.25) is 0 Å². The lowest BCUT2D eigenvalue weighted by molar-refractivity contribution is -0.419. The Kier molecular flexibility index (Phi) is 4.21. The number of nitrogens with two attached hydrogens (primary N) is 1. The summed E-state index contributed by atoms with van der Waals surface area (Å²) in [6.45, 7) is 7.44. The van der Waals surface area contributed by atoms with E-state index in [2.05, 4.69) is 4.74 Å². The molecule has 1 saturated heterocycles. The van der Waals surface area contributed by atoms with E-state index in [0.29, 0.717) is 16.5 Å². The van der Waals surface area contributed by atoms with Gasteiger partial charge in [0.15, 0.2) is 11.6 Å². The number of hydrogen-bond donors (Lipinski definition) is 4. The van der Waals surface area contributed by atoms with Crippen LogP contribution in [0.3, 0.4) is 0 Å². The fourth-order valence-corrected chi connectivity index (χ4v) is 2.86. The molecule has 3 rings (SSSR count). The highest BCUT2D eigenvalue weighted by Crippen LogP contribution is 2.38. The second-order valence-electron chi connectivity index (χ2n) is 7.35. The highest BCUT2D eigenvalue weighted by molar-refractivity contribution is 6.65. The van der Waals surface area contributed by atoms with Gasteiger partial charge in [0.2, 0.25) is 0 Å². The first-order valence-corrected chi connectivity index (χ1v) is 8.04. The summed E-state index contributed by atoms with van der Waals surface area (Å²) >= 11 is 0. The van der Waals surface area contributed by atoms with Crippen LogP contribution in [0.1, 0.15) is 27.7 Å². The van der Waals surface area contributed by atoms with E-state index in [-0.39, 0.29) is 5.39 Å². The van der Waals surface area contributed by atoms with Crippen LogP contribution in [0.15, 0.2) is 24.3 Å². The van der Waals surface area contributed by atoms with Crippen molar-refractivity contribution in [3.05, 3.63) is 30.1 Å². The molecule has 1 aliphatic heterocycles. The maximum atomic E-state index is 14.4. The average Bonchev–Trinajstić information content (AvgIpc) is 2.68. The van der Waals surface area contributed by atoms with E-state index in [1.54, 1.807) is 6.07 Å². The zero-order valence-electron chi connectivity index (χ0n) is 14.9. The molecule has 1 heterocycles. The molecule has 0 bridgehead atoms. The zero-order valence-corrected chi connectivity index (χ0v) is 14.9. The van der Waals surface area contributed by atoms with Crippen LogP contribution in [0, 0.1) is 5.82 Å². The lowest BCUT2D eigenvalue weighted by Gasteiger charge is -2.32. The van der Waals surface area contributed by atoms with Crippen LogP contribution in [0.5, 0.6) is 5.75 Å². The molecule has 1 aliphatic rings. The number of nitrogen functional groups attached to an aromatic ring is 1. The Labute approximate surface area is 150 Å². The molecule has 0 atom stereocenters. The largest absolute Gasteiger partial charge is 0.495 e. The van der Waals surface area contributed by atoms with Crippen LogP contribution in [-0.4, -0.2) is 39.8 Å². The molecule has 1 fully saturated rings. The van der Waals surface area contributed by atoms with E-state index in [9.17, 15) is 4.39 Å². The Hall–Kier alpha value is -1.91. The smallest absolute Gasteiger partial charge is 0.413 e. The zero-order chi connectivity index (χ0) is 19.5. The van der Waals surface area contributed by atoms with Gasteiger partial charge in [-0.25, -0.2) is 4.39 Å². The minimum atomic E-state index is -3.55. The van der Waals surface area contributed by atoms with Crippen molar-refractivity contribution in [2.45, 2.75) is 45.1 Å². The van der Waals surface area contributed by atoms with Gasteiger partial charge in [-0.15, -0.1) is 0 Å². The third-order valence-electron chi connectivity index (χ3n) is 4.82.